The number of esters is 1. The van der Waals surface area contributed by atoms with Crippen molar-refractivity contribution < 1.29 is 9.53 Å². The molecule has 0 aliphatic carbocycles. The fourth-order valence-corrected chi connectivity index (χ4v) is 4.14. The Kier molecular flexibility index (Phi) is 7.49. The normalized spacial score (nSPS) is 10.9. The van der Waals surface area contributed by atoms with Crippen LogP contribution in [-0.4, -0.2) is 37.7 Å². The molecule has 0 spiro atoms. The Morgan fingerprint density at radius 2 is 2.21 bits per heavy atom. The zero-order chi connectivity index (χ0) is 19.8. The van der Waals surface area contributed by atoms with Crippen LogP contribution in [0.25, 0.3) is 10.6 Å². The summed E-state index contributed by atoms with van der Waals surface area (Å²) in [6.07, 6.45) is 3.06. The van der Waals surface area contributed by atoms with Crippen molar-refractivity contribution in [2.75, 3.05) is 11.9 Å². The second-order valence-electron chi connectivity index (χ2n) is 6.31. The number of hydrogen-bond acceptors (Lipinski definition) is 9. The quantitative estimate of drug-likeness (QED) is 0.371. The third-order valence-corrected chi connectivity index (χ3v) is 5.85. The number of anilines is 1. The lowest BCUT2D eigenvalue weighted by Gasteiger charge is -2.06. The van der Waals surface area contributed by atoms with E-state index in [-0.39, 0.29) is 12.6 Å². The van der Waals surface area contributed by atoms with Gasteiger partial charge in [-0.3, -0.25) is 4.79 Å². The van der Waals surface area contributed by atoms with Crippen molar-refractivity contribution in [3.05, 3.63) is 28.2 Å². The average molecular weight is 421 g/mol. The highest BCUT2D eigenvalue weighted by atomic mass is 32.1. The van der Waals surface area contributed by atoms with Gasteiger partial charge in [-0.05, 0) is 42.3 Å². The first-order valence-electron chi connectivity index (χ1n) is 9.32. The molecule has 0 amide bonds. The first-order chi connectivity index (χ1) is 13.7. The van der Waals surface area contributed by atoms with E-state index in [0.29, 0.717) is 25.2 Å². The molecular weight excluding hydrogens is 396 g/mol. The van der Waals surface area contributed by atoms with Crippen molar-refractivity contribution in [3.8, 4) is 10.6 Å². The van der Waals surface area contributed by atoms with Crippen LogP contribution in [0.1, 0.15) is 43.3 Å². The Balaban J connectivity index is 1.35. The molecule has 0 atom stereocenters. The van der Waals surface area contributed by atoms with Crippen LogP contribution in [0.4, 0.5) is 5.13 Å². The maximum absolute atomic E-state index is 11.9. The van der Waals surface area contributed by atoms with Crippen molar-refractivity contribution in [2.24, 2.45) is 0 Å². The number of hydrogen-bond donors (Lipinski definition) is 1. The highest BCUT2D eigenvalue weighted by Gasteiger charge is 2.10. The Bertz CT molecular complexity index is 888. The first kappa shape index (κ1) is 20.4. The number of unbranched alkanes of at least 4 members (excludes halogenated alkanes) is 1. The molecule has 0 fully saturated rings. The predicted molar refractivity (Wildman–Crippen MR) is 110 cm³/mol. The van der Waals surface area contributed by atoms with Crippen LogP contribution in [0.2, 0.25) is 0 Å². The van der Waals surface area contributed by atoms with Crippen LogP contribution < -0.4 is 5.32 Å². The molecule has 0 aromatic carbocycles. The molecule has 3 aromatic rings. The van der Waals surface area contributed by atoms with Crippen molar-refractivity contribution >= 4 is 33.8 Å². The Morgan fingerprint density at radius 3 is 3.00 bits per heavy atom. The summed E-state index contributed by atoms with van der Waals surface area (Å²) in [5.74, 6) is 0.333. The molecule has 10 heteroatoms. The van der Waals surface area contributed by atoms with E-state index >= 15 is 0 Å². The number of carbonyl (C=O) groups excluding carboxylic acids is 1. The van der Waals surface area contributed by atoms with Crippen molar-refractivity contribution in [3.63, 3.8) is 0 Å². The summed E-state index contributed by atoms with van der Waals surface area (Å²) in [4.78, 5) is 19.0. The number of nitrogens with one attached hydrogen (secondary N) is 1. The van der Waals surface area contributed by atoms with E-state index in [0.717, 1.165) is 30.2 Å². The zero-order valence-electron chi connectivity index (χ0n) is 16.1. The van der Waals surface area contributed by atoms with Crippen molar-refractivity contribution in [1.82, 2.24) is 25.2 Å². The van der Waals surface area contributed by atoms with Gasteiger partial charge in [0.25, 0.3) is 0 Å². The first-order valence-corrected chi connectivity index (χ1v) is 11.0. The fourth-order valence-electron chi connectivity index (χ4n) is 2.49. The van der Waals surface area contributed by atoms with E-state index in [2.05, 4.69) is 51.8 Å². The van der Waals surface area contributed by atoms with Gasteiger partial charge in [-0.1, -0.05) is 13.3 Å². The monoisotopic (exact) mass is 420 g/mol. The zero-order valence-corrected chi connectivity index (χ0v) is 17.7. The molecular formula is C18H24N6O2S2. The number of rotatable bonds is 11. The van der Waals surface area contributed by atoms with E-state index in [1.54, 1.807) is 27.4 Å². The standard InChI is InChI=1S/C18H24N6O2S2/c1-3-4-10-24-16(21-22-23-24)11-26-17(25)6-5-9-19-18-20-14(12-27-18)15-8-7-13(2)28-15/h7-8,12H,3-6,9-11H2,1-2H3,(H,19,20). The Morgan fingerprint density at radius 1 is 1.32 bits per heavy atom. The molecule has 0 aliphatic rings. The van der Waals surface area contributed by atoms with Gasteiger partial charge < -0.3 is 10.1 Å². The lowest BCUT2D eigenvalue weighted by molar-refractivity contribution is -0.145. The molecule has 0 saturated heterocycles. The molecule has 0 saturated carbocycles. The number of aryl methyl sites for hydroxylation is 2. The molecule has 3 rings (SSSR count). The van der Waals surface area contributed by atoms with E-state index in [4.69, 9.17) is 4.74 Å². The van der Waals surface area contributed by atoms with Gasteiger partial charge in [0.1, 0.15) is 0 Å². The molecule has 150 valence electrons. The summed E-state index contributed by atoms with van der Waals surface area (Å²) < 4.78 is 6.97. The van der Waals surface area contributed by atoms with Gasteiger partial charge >= 0.3 is 5.97 Å². The summed E-state index contributed by atoms with van der Waals surface area (Å²) in [7, 11) is 0. The topological polar surface area (TPSA) is 94.8 Å². The van der Waals surface area contributed by atoms with Crippen LogP contribution in [-0.2, 0) is 22.7 Å². The highest BCUT2D eigenvalue weighted by molar-refractivity contribution is 7.16. The van der Waals surface area contributed by atoms with Gasteiger partial charge in [-0.15, -0.1) is 27.8 Å². The number of carbonyl (C=O) groups is 1. The molecule has 28 heavy (non-hydrogen) atoms. The number of tetrazole rings is 1. The maximum atomic E-state index is 11.9. The molecule has 3 aromatic heterocycles. The number of ether oxygens (including phenoxy) is 1. The molecule has 0 bridgehead atoms. The molecule has 0 unspecified atom stereocenters. The lowest BCUT2D eigenvalue weighted by Crippen LogP contribution is -2.12. The average Bonchev–Trinajstić information content (AvgIpc) is 3.42. The number of aromatic nitrogens is 5. The molecule has 8 nitrogen and oxygen atoms in total. The van der Waals surface area contributed by atoms with Crippen LogP contribution in [0, 0.1) is 6.92 Å². The lowest BCUT2D eigenvalue weighted by atomic mass is 10.3. The second kappa shape index (κ2) is 10.3. The van der Waals surface area contributed by atoms with Gasteiger partial charge in [0.05, 0.1) is 10.6 Å². The van der Waals surface area contributed by atoms with Gasteiger partial charge in [-0.2, -0.15) is 0 Å². The largest absolute Gasteiger partial charge is 0.457 e. The molecule has 0 radical (unpaired) electrons. The fraction of sp³-hybridized carbons (Fsp3) is 0.500. The minimum Gasteiger partial charge on any atom is -0.457 e. The predicted octanol–water partition coefficient (Wildman–Crippen LogP) is 3.90. The summed E-state index contributed by atoms with van der Waals surface area (Å²) in [6, 6.07) is 4.19. The van der Waals surface area contributed by atoms with Crippen LogP contribution >= 0.6 is 22.7 Å². The minimum atomic E-state index is -0.249. The summed E-state index contributed by atoms with van der Waals surface area (Å²) in [6.45, 7) is 5.71. The van der Waals surface area contributed by atoms with Gasteiger partial charge in [0.15, 0.2) is 17.6 Å². The van der Waals surface area contributed by atoms with Crippen LogP contribution in [0.5, 0.6) is 0 Å². The molecule has 1 N–H and O–H groups in total. The van der Waals surface area contributed by atoms with Gasteiger partial charge in [-0.25, -0.2) is 9.67 Å². The third-order valence-electron chi connectivity index (χ3n) is 4.02. The Labute approximate surface area is 172 Å². The minimum absolute atomic E-state index is 0.110. The van der Waals surface area contributed by atoms with Crippen molar-refractivity contribution in [1.29, 1.82) is 0 Å². The van der Waals surface area contributed by atoms with Gasteiger partial charge in [0.2, 0.25) is 0 Å². The van der Waals surface area contributed by atoms with E-state index in [1.165, 1.54) is 9.75 Å². The second-order valence-corrected chi connectivity index (χ2v) is 8.46. The van der Waals surface area contributed by atoms with E-state index in [9.17, 15) is 4.79 Å². The molecule has 3 heterocycles. The SMILES string of the molecule is CCCCn1nnnc1COC(=O)CCCNc1nc(-c2ccc(C)s2)cs1. The van der Waals surface area contributed by atoms with Crippen LogP contribution in [0.3, 0.4) is 0 Å². The van der Waals surface area contributed by atoms with Crippen molar-refractivity contribution in [2.45, 2.75) is 52.7 Å². The number of thiazole rings is 1. The van der Waals surface area contributed by atoms with E-state index < -0.39 is 0 Å². The maximum Gasteiger partial charge on any atom is 0.306 e. The summed E-state index contributed by atoms with van der Waals surface area (Å²) in [5, 5.41) is 17.6. The number of thiophene rings is 1. The summed E-state index contributed by atoms with van der Waals surface area (Å²) in [5.41, 5.74) is 0.991. The smallest absolute Gasteiger partial charge is 0.306 e. The summed E-state index contributed by atoms with van der Waals surface area (Å²) >= 11 is 3.31. The van der Waals surface area contributed by atoms with E-state index in [1.807, 2.05) is 5.38 Å². The molecule has 0 aliphatic heterocycles. The van der Waals surface area contributed by atoms with Gasteiger partial charge in [0, 0.05) is 29.8 Å². The highest BCUT2D eigenvalue weighted by Crippen LogP contribution is 2.30. The number of nitrogens with zero attached hydrogens (tertiary/aromatic N) is 5. The third kappa shape index (κ3) is 5.83. The van der Waals surface area contributed by atoms with Crippen LogP contribution in [0.15, 0.2) is 17.5 Å². The Hall–Kier alpha value is -2.33.